The van der Waals surface area contributed by atoms with E-state index < -0.39 is 11.7 Å². The first kappa shape index (κ1) is 20.2. The second-order valence-corrected chi connectivity index (χ2v) is 7.25. The lowest BCUT2D eigenvalue weighted by molar-refractivity contribution is -0.137. The van der Waals surface area contributed by atoms with Crippen LogP contribution in [0.2, 0.25) is 5.02 Å². The summed E-state index contributed by atoms with van der Waals surface area (Å²) in [5, 5.41) is 0.00374. The van der Waals surface area contributed by atoms with E-state index in [9.17, 15) is 18.0 Å². The number of pyridine rings is 1. The summed E-state index contributed by atoms with van der Waals surface area (Å²) in [6.45, 7) is 0. The van der Waals surface area contributed by atoms with E-state index in [1.165, 1.54) is 27.8 Å². The molecule has 0 N–H and O–H groups in total. The molecule has 3 rings (SSSR count). The summed E-state index contributed by atoms with van der Waals surface area (Å²) in [6, 6.07) is 7.08. The van der Waals surface area contributed by atoms with Crippen LogP contribution in [0.3, 0.4) is 0 Å². The summed E-state index contributed by atoms with van der Waals surface area (Å²) in [6.07, 6.45) is -0.0146. The SMILES string of the molecule is CN(C(=O)c1cnc(Sc2ccc(Cl)c(C(F)(F)F)c2)n1C)c1cccnc1. The highest BCUT2D eigenvalue weighted by molar-refractivity contribution is 7.99. The van der Waals surface area contributed by atoms with Crippen LogP contribution in [-0.2, 0) is 13.2 Å². The molecule has 0 fully saturated rings. The summed E-state index contributed by atoms with van der Waals surface area (Å²) >= 11 is 6.66. The van der Waals surface area contributed by atoms with Gasteiger partial charge in [0.1, 0.15) is 5.69 Å². The van der Waals surface area contributed by atoms with Crippen LogP contribution < -0.4 is 4.90 Å². The van der Waals surface area contributed by atoms with E-state index in [-0.39, 0.29) is 10.9 Å². The van der Waals surface area contributed by atoms with Gasteiger partial charge in [0.2, 0.25) is 0 Å². The lowest BCUT2D eigenvalue weighted by atomic mass is 10.2. The van der Waals surface area contributed by atoms with Gasteiger partial charge in [-0.3, -0.25) is 9.78 Å². The standard InChI is InChI=1S/C18H14ClF3N4OS/c1-25(11-4-3-7-23-9-11)16(27)15-10-24-17(26(15)2)28-12-5-6-14(19)13(8-12)18(20,21)22/h3-10H,1-2H3. The van der Waals surface area contributed by atoms with Gasteiger partial charge in [-0.1, -0.05) is 23.4 Å². The van der Waals surface area contributed by atoms with Crippen molar-refractivity contribution in [2.24, 2.45) is 7.05 Å². The maximum Gasteiger partial charge on any atom is 0.417 e. The Balaban J connectivity index is 1.85. The van der Waals surface area contributed by atoms with Crippen molar-refractivity contribution in [3.8, 4) is 0 Å². The van der Waals surface area contributed by atoms with Crippen molar-refractivity contribution in [3.05, 3.63) is 65.2 Å². The molecule has 3 aromatic rings. The van der Waals surface area contributed by atoms with Crippen LogP contribution in [0.15, 0.2) is 59.0 Å². The summed E-state index contributed by atoms with van der Waals surface area (Å²) in [5.41, 5.74) is -0.0183. The Morgan fingerprint density at radius 3 is 2.64 bits per heavy atom. The highest BCUT2D eigenvalue weighted by atomic mass is 35.5. The molecule has 2 heterocycles. The molecule has 0 bridgehead atoms. The van der Waals surface area contributed by atoms with Gasteiger partial charge in [-0.15, -0.1) is 0 Å². The van der Waals surface area contributed by atoms with Crippen LogP contribution in [0.25, 0.3) is 0 Å². The lowest BCUT2D eigenvalue weighted by Crippen LogP contribution is -2.28. The number of aromatic nitrogens is 3. The smallest absolute Gasteiger partial charge is 0.318 e. The Bertz CT molecular complexity index is 1010. The molecule has 146 valence electrons. The molecule has 0 atom stereocenters. The minimum absolute atomic E-state index is 0.291. The molecule has 0 saturated heterocycles. The van der Waals surface area contributed by atoms with Crippen LogP contribution in [0.4, 0.5) is 18.9 Å². The van der Waals surface area contributed by atoms with Crippen LogP contribution in [-0.4, -0.2) is 27.5 Å². The van der Waals surface area contributed by atoms with Gasteiger partial charge in [0, 0.05) is 25.2 Å². The predicted molar refractivity (Wildman–Crippen MR) is 101 cm³/mol. The molecule has 5 nitrogen and oxygen atoms in total. The zero-order valence-electron chi connectivity index (χ0n) is 14.7. The topological polar surface area (TPSA) is 51.0 Å². The van der Waals surface area contributed by atoms with E-state index in [0.29, 0.717) is 21.4 Å². The zero-order valence-corrected chi connectivity index (χ0v) is 16.3. The summed E-state index contributed by atoms with van der Waals surface area (Å²) in [4.78, 5) is 22.6. The van der Waals surface area contributed by atoms with E-state index in [1.54, 1.807) is 38.6 Å². The second-order valence-electron chi connectivity index (χ2n) is 5.80. The quantitative estimate of drug-likeness (QED) is 0.594. The third-order valence-corrected chi connectivity index (χ3v) is 5.34. The molecule has 0 unspecified atom stereocenters. The van der Waals surface area contributed by atoms with E-state index in [1.807, 2.05) is 0 Å². The Labute approximate surface area is 168 Å². The van der Waals surface area contributed by atoms with Gasteiger partial charge in [0.15, 0.2) is 5.16 Å². The van der Waals surface area contributed by atoms with Crippen molar-refractivity contribution in [2.75, 3.05) is 11.9 Å². The van der Waals surface area contributed by atoms with E-state index in [2.05, 4.69) is 9.97 Å². The third-order valence-electron chi connectivity index (χ3n) is 3.95. The molecule has 10 heteroatoms. The van der Waals surface area contributed by atoms with Gasteiger partial charge < -0.3 is 9.47 Å². The third kappa shape index (κ3) is 4.15. The monoisotopic (exact) mass is 426 g/mol. The maximum absolute atomic E-state index is 13.0. The first-order chi connectivity index (χ1) is 13.2. The van der Waals surface area contributed by atoms with Gasteiger partial charge in [0.25, 0.3) is 5.91 Å². The molecule has 1 aromatic carbocycles. The molecule has 0 spiro atoms. The van der Waals surface area contributed by atoms with Gasteiger partial charge in [-0.25, -0.2) is 4.98 Å². The Hall–Kier alpha value is -2.52. The summed E-state index contributed by atoms with van der Waals surface area (Å²) in [7, 11) is 3.23. The van der Waals surface area contributed by atoms with E-state index in [4.69, 9.17) is 11.6 Å². The van der Waals surface area contributed by atoms with Gasteiger partial charge >= 0.3 is 6.18 Å². The van der Waals surface area contributed by atoms with Crippen LogP contribution in [0, 0.1) is 0 Å². The highest BCUT2D eigenvalue weighted by Gasteiger charge is 2.33. The number of alkyl halides is 3. The molecule has 2 aromatic heterocycles. The van der Waals surface area contributed by atoms with Crippen molar-refractivity contribution >= 4 is 35.0 Å². The van der Waals surface area contributed by atoms with Crippen molar-refractivity contribution in [1.82, 2.24) is 14.5 Å². The average Bonchev–Trinajstić information content (AvgIpc) is 3.02. The first-order valence-electron chi connectivity index (χ1n) is 7.93. The fourth-order valence-electron chi connectivity index (χ4n) is 2.42. The number of carbonyl (C=O) groups excluding carboxylic acids is 1. The average molecular weight is 427 g/mol. The maximum atomic E-state index is 13.0. The number of nitrogens with zero attached hydrogens (tertiary/aromatic N) is 4. The molecule has 1 amide bonds. The fraction of sp³-hybridized carbons (Fsp3) is 0.167. The normalized spacial score (nSPS) is 11.5. The Morgan fingerprint density at radius 2 is 2.00 bits per heavy atom. The first-order valence-corrected chi connectivity index (χ1v) is 9.12. The summed E-state index contributed by atoms with van der Waals surface area (Å²) in [5.74, 6) is -0.318. The molecule has 0 radical (unpaired) electrons. The number of rotatable bonds is 4. The Kier molecular flexibility index (Phi) is 5.66. The minimum atomic E-state index is -4.55. The Morgan fingerprint density at radius 1 is 1.25 bits per heavy atom. The number of hydrogen-bond acceptors (Lipinski definition) is 4. The van der Waals surface area contributed by atoms with Gasteiger partial charge in [0.05, 0.1) is 28.7 Å². The number of anilines is 1. The lowest BCUT2D eigenvalue weighted by Gasteiger charge is -2.17. The second kappa shape index (κ2) is 7.84. The summed E-state index contributed by atoms with van der Waals surface area (Å²) < 4.78 is 40.6. The molecular weight excluding hydrogens is 413 g/mol. The van der Waals surface area contributed by atoms with Crippen LogP contribution in [0.1, 0.15) is 16.1 Å². The minimum Gasteiger partial charge on any atom is -0.318 e. The number of benzene rings is 1. The fourth-order valence-corrected chi connectivity index (χ4v) is 3.51. The molecular formula is C18H14ClF3N4OS. The van der Waals surface area contributed by atoms with Gasteiger partial charge in [-0.05, 0) is 30.3 Å². The highest BCUT2D eigenvalue weighted by Crippen LogP contribution is 2.38. The van der Waals surface area contributed by atoms with Crippen molar-refractivity contribution < 1.29 is 18.0 Å². The number of carbonyl (C=O) groups is 1. The van der Waals surface area contributed by atoms with Crippen molar-refractivity contribution in [1.29, 1.82) is 0 Å². The zero-order chi connectivity index (χ0) is 20.5. The molecule has 0 aliphatic rings. The van der Waals surface area contributed by atoms with E-state index >= 15 is 0 Å². The number of amides is 1. The molecule has 0 aliphatic carbocycles. The number of imidazole rings is 1. The predicted octanol–water partition coefficient (Wildman–Crippen LogP) is 4.92. The largest absolute Gasteiger partial charge is 0.417 e. The molecule has 0 aliphatic heterocycles. The van der Waals surface area contributed by atoms with Gasteiger partial charge in [-0.2, -0.15) is 13.2 Å². The molecule has 0 saturated carbocycles. The van der Waals surface area contributed by atoms with Crippen LogP contribution >= 0.6 is 23.4 Å². The molecule has 28 heavy (non-hydrogen) atoms. The van der Waals surface area contributed by atoms with Crippen molar-refractivity contribution in [3.63, 3.8) is 0 Å². The van der Waals surface area contributed by atoms with Crippen molar-refractivity contribution in [2.45, 2.75) is 16.2 Å². The number of hydrogen-bond donors (Lipinski definition) is 0. The van der Waals surface area contributed by atoms with E-state index in [0.717, 1.165) is 17.8 Å². The number of halogens is 4. The van der Waals surface area contributed by atoms with Crippen LogP contribution in [0.5, 0.6) is 0 Å².